The molecular formula is C42H30F6N2. The van der Waals surface area contributed by atoms with Gasteiger partial charge in [-0.15, -0.1) is 0 Å². The van der Waals surface area contributed by atoms with Crippen LogP contribution < -0.4 is 0 Å². The van der Waals surface area contributed by atoms with Crippen molar-refractivity contribution in [2.75, 3.05) is 0 Å². The van der Waals surface area contributed by atoms with Gasteiger partial charge >= 0.3 is 12.4 Å². The van der Waals surface area contributed by atoms with Crippen LogP contribution >= 0.6 is 0 Å². The van der Waals surface area contributed by atoms with Crippen LogP contribution in [0, 0.1) is 27.7 Å². The largest absolute Gasteiger partial charge is 0.418 e. The number of para-hydroxylation sites is 4. The first kappa shape index (κ1) is 31.7. The Kier molecular flexibility index (Phi) is 6.99. The van der Waals surface area contributed by atoms with Crippen LogP contribution in [-0.2, 0) is 12.4 Å². The summed E-state index contributed by atoms with van der Waals surface area (Å²) in [4.78, 5) is 0. The highest BCUT2D eigenvalue weighted by Gasteiger charge is 2.39. The molecule has 250 valence electrons. The van der Waals surface area contributed by atoms with Crippen molar-refractivity contribution >= 4 is 43.6 Å². The van der Waals surface area contributed by atoms with Crippen molar-refractivity contribution in [1.29, 1.82) is 0 Å². The van der Waals surface area contributed by atoms with Crippen molar-refractivity contribution in [3.05, 3.63) is 143 Å². The molecule has 8 heteroatoms. The fourth-order valence-electron chi connectivity index (χ4n) is 7.75. The van der Waals surface area contributed by atoms with Gasteiger partial charge in [0.1, 0.15) is 0 Å². The van der Waals surface area contributed by atoms with Crippen LogP contribution in [0.3, 0.4) is 0 Å². The highest BCUT2D eigenvalue weighted by atomic mass is 19.4. The molecule has 8 aromatic rings. The van der Waals surface area contributed by atoms with Crippen molar-refractivity contribution in [1.82, 2.24) is 9.13 Å². The lowest BCUT2D eigenvalue weighted by atomic mass is 9.94. The molecule has 2 aromatic heterocycles. The number of halogens is 6. The van der Waals surface area contributed by atoms with Gasteiger partial charge in [0.2, 0.25) is 0 Å². The lowest BCUT2D eigenvalue weighted by molar-refractivity contribution is -0.138. The van der Waals surface area contributed by atoms with Crippen LogP contribution in [0.5, 0.6) is 0 Å². The number of rotatable bonds is 3. The molecule has 0 fully saturated rings. The summed E-state index contributed by atoms with van der Waals surface area (Å²) < 4.78 is 94.7. The molecule has 0 amide bonds. The fraction of sp³-hybridized carbons (Fsp3) is 0.143. The number of benzene rings is 6. The van der Waals surface area contributed by atoms with E-state index in [-0.39, 0.29) is 22.5 Å². The summed E-state index contributed by atoms with van der Waals surface area (Å²) in [6.07, 6.45) is -9.65. The van der Waals surface area contributed by atoms with Crippen LogP contribution in [0.4, 0.5) is 26.3 Å². The average Bonchev–Trinajstić information content (AvgIpc) is 3.60. The molecular weight excluding hydrogens is 646 g/mol. The first-order valence-corrected chi connectivity index (χ1v) is 16.2. The molecule has 0 saturated carbocycles. The van der Waals surface area contributed by atoms with E-state index >= 15 is 13.2 Å². The topological polar surface area (TPSA) is 9.86 Å². The number of nitrogens with zero attached hydrogens (tertiary/aromatic N) is 2. The van der Waals surface area contributed by atoms with E-state index in [0.29, 0.717) is 22.1 Å². The fourth-order valence-corrected chi connectivity index (χ4v) is 7.75. The van der Waals surface area contributed by atoms with Gasteiger partial charge in [-0.05, 0) is 73.7 Å². The predicted octanol–water partition coefficient (Wildman–Crippen LogP) is 12.8. The molecule has 0 spiro atoms. The molecule has 50 heavy (non-hydrogen) atoms. The normalized spacial score (nSPS) is 12.6. The van der Waals surface area contributed by atoms with Gasteiger partial charge in [0.05, 0.1) is 44.6 Å². The van der Waals surface area contributed by atoms with Gasteiger partial charge in [-0.25, -0.2) is 0 Å². The summed E-state index contributed by atoms with van der Waals surface area (Å²) >= 11 is 0. The molecule has 0 aliphatic rings. The average molecular weight is 677 g/mol. The van der Waals surface area contributed by atoms with E-state index in [0.717, 1.165) is 55.9 Å². The third kappa shape index (κ3) is 4.65. The van der Waals surface area contributed by atoms with Crippen molar-refractivity contribution in [3.8, 4) is 22.5 Å². The number of aromatic nitrogens is 2. The Morgan fingerprint density at radius 3 is 1.16 bits per heavy atom. The second-order valence-electron chi connectivity index (χ2n) is 13.0. The molecule has 0 unspecified atom stereocenters. The Labute approximate surface area is 283 Å². The van der Waals surface area contributed by atoms with Gasteiger partial charge in [-0.1, -0.05) is 91.0 Å². The minimum Gasteiger partial charge on any atom is -0.308 e. The van der Waals surface area contributed by atoms with E-state index in [2.05, 4.69) is 0 Å². The Morgan fingerprint density at radius 1 is 0.380 bits per heavy atom. The number of fused-ring (bicyclic) bond motifs is 6. The second-order valence-corrected chi connectivity index (χ2v) is 13.0. The van der Waals surface area contributed by atoms with E-state index in [1.807, 2.05) is 100 Å². The first-order chi connectivity index (χ1) is 23.8. The molecule has 0 aliphatic heterocycles. The van der Waals surface area contributed by atoms with Crippen LogP contribution in [0.25, 0.3) is 66.1 Å². The molecule has 0 aliphatic carbocycles. The summed E-state index contributed by atoms with van der Waals surface area (Å²) in [7, 11) is 0. The molecule has 0 N–H and O–H groups in total. The molecule has 6 aromatic carbocycles. The van der Waals surface area contributed by atoms with E-state index in [4.69, 9.17) is 0 Å². The maximum atomic E-state index is 15.6. The van der Waals surface area contributed by atoms with E-state index in [1.54, 1.807) is 9.13 Å². The van der Waals surface area contributed by atoms with Crippen molar-refractivity contribution in [2.24, 2.45) is 0 Å². The quantitative estimate of drug-likeness (QED) is 0.165. The van der Waals surface area contributed by atoms with Crippen LogP contribution in [0.1, 0.15) is 33.4 Å². The van der Waals surface area contributed by atoms with Gasteiger partial charge in [-0.2, -0.15) is 26.3 Å². The highest BCUT2D eigenvalue weighted by molar-refractivity contribution is 6.13. The number of hydrogen-bond acceptors (Lipinski definition) is 0. The van der Waals surface area contributed by atoms with E-state index < -0.39 is 23.5 Å². The standard InChI is InChI=1S/C42H30F6N2/c1-23-11-7-16-28-29-17-8-12-24(2)38(29)49(37(23)28)35-22-34(42(46,47)48)36(21-32(35)27-15-5-6-20-33(27)41(43,44)45)50-39-25(3)13-9-18-30(39)31-19-10-14-26(4)40(31)50/h5-22H,1-4H3. The second kappa shape index (κ2) is 11.0. The van der Waals surface area contributed by atoms with Gasteiger partial charge in [0, 0.05) is 27.1 Å². The molecule has 8 rings (SSSR count). The maximum absolute atomic E-state index is 15.6. The number of aryl methyl sites for hydroxylation is 4. The van der Waals surface area contributed by atoms with E-state index in [9.17, 15) is 13.2 Å². The summed E-state index contributed by atoms with van der Waals surface area (Å²) in [5, 5.41) is 3.11. The van der Waals surface area contributed by atoms with Crippen LogP contribution in [-0.4, -0.2) is 9.13 Å². The third-order valence-electron chi connectivity index (χ3n) is 9.85. The summed E-state index contributed by atoms with van der Waals surface area (Å²) in [6, 6.07) is 29.8. The van der Waals surface area contributed by atoms with Crippen LogP contribution in [0.15, 0.2) is 109 Å². The molecule has 2 nitrogen and oxygen atoms in total. The molecule has 0 radical (unpaired) electrons. The Morgan fingerprint density at radius 2 is 0.760 bits per heavy atom. The number of hydrogen-bond donors (Lipinski definition) is 0. The van der Waals surface area contributed by atoms with Gasteiger partial charge in [0.25, 0.3) is 0 Å². The monoisotopic (exact) mass is 676 g/mol. The molecule has 0 atom stereocenters. The lowest BCUT2D eigenvalue weighted by Gasteiger charge is -2.24. The van der Waals surface area contributed by atoms with Gasteiger partial charge in [-0.3, -0.25) is 0 Å². The Hall–Kier alpha value is -5.50. The van der Waals surface area contributed by atoms with Gasteiger partial charge < -0.3 is 9.13 Å². The minimum atomic E-state index is -4.87. The molecule has 0 bridgehead atoms. The summed E-state index contributed by atoms with van der Waals surface area (Å²) in [5.41, 5.74) is 3.11. The zero-order chi connectivity index (χ0) is 35.3. The zero-order valence-electron chi connectivity index (χ0n) is 27.6. The summed E-state index contributed by atoms with van der Waals surface area (Å²) in [5.74, 6) is 0. The molecule has 2 heterocycles. The van der Waals surface area contributed by atoms with Crippen molar-refractivity contribution < 1.29 is 26.3 Å². The first-order valence-electron chi connectivity index (χ1n) is 16.2. The zero-order valence-corrected chi connectivity index (χ0v) is 27.6. The third-order valence-corrected chi connectivity index (χ3v) is 9.85. The predicted molar refractivity (Wildman–Crippen MR) is 190 cm³/mol. The smallest absolute Gasteiger partial charge is 0.308 e. The SMILES string of the molecule is Cc1cccc2c3cccc(C)c3n(-c3cc(C(F)(F)F)c(-n4c5c(C)cccc5c5cccc(C)c54)cc3-c3ccccc3C(F)(F)F)c12. The minimum absolute atomic E-state index is 0.00980. The highest BCUT2D eigenvalue weighted by Crippen LogP contribution is 2.48. The Bertz CT molecular complexity index is 2550. The van der Waals surface area contributed by atoms with E-state index in [1.165, 1.54) is 24.3 Å². The van der Waals surface area contributed by atoms with Crippen molar-refractivity contribution in [2.45, 2.75) is 40.0 Å². The Balaban J connectivity index is 1.64. The molecule has 0 saturated heterocycles. The van der Waals surface area contributed by atoms with Crippen molar-refractivity contribution in [3.63, 3.8) is 0 Å². The van der Waals surface area contributed by atoms with Crippen LogP contribution in [0.2, 0.25) is 0 Å². The number of alkyl halides is 6. The maximum Gasteiger partial charge on any atom is 0.418 e. The summed E-state index contributed by atoms with van der Waals surface area (Å²) in [6.45, 7) is 7.38. The van der Waals surface area contributed by atoms with Gasteiger partial charge in [0.15, 0.2) is 0 Å². The lowest BCUT2D eigenvalue weighted by Crippen LogP contribution is -2.15.